The molecule has 114 valence electrons. The second-order valence-corrected chi connectivity index (χ2v) is 5.29. The minimum Gasteiger partial charge on any atom is -0.466 e. The van der Waals surface area contributed by atoms with Crippen LogP contribution >= 0.6 is 11.3 Å². The predicted molar refractivity (Wildman–Crippen MR) is 76.3 cm³/mol. The Kier molecular flexibility index (Phi) is 4.14. The van der Waals surface area contributed by atoms with E-state index in [1.807, 2.05) is 6.07 Å². The standard InChI is InChI=1S/C13H11N3O5S/c1-6-10(13(17)20-2)11(8(4-14)12(15)21-6)9-3-7(5-22-9)16(18)19/h3,5,11H,15H2,1-2H3/t11-/m1/s1. The summed E-state index contributed by atoms with van der Waals surface area (Å²) in [6.45, 7) is 1.52. The first kappa shape index (κ1) is 15.5. The van der Waals surface area contributed by atoms with Gasteiger partial charge in [0.05, 0.1) is 28.9 Å². The number of methoxy groups -OCH3 is 1. The second-order valence-electron chi connectivity index (χ2n) is 4.35. The van der Waals surface area contributed by atoms with Crippen molar-refractivity contribution in [2.24, 2.45) is 5.73 Å². The molecule has 0 saturated heterocycles. The molecule has 2 rings (SSSR count). The van der Waals surface area contributed by atoms with Gasteiger partial charge in [0, 0.05) is 10.9 Å². The number of nitro groups is 1. The van der Waals surface area contributed by atoms with E-state index in [0.29, 0.717) is 4.88 Å². The molecule has 1 atom stereocenters. The highest BCUT2D eigenvalue weighted by atomic mass is 32.1. The van der Waals surface area contributed by atoms with E-state index < -0.39 is 16.8 Å². The van der Waals surface area contributed by atoms with E-state index in [1.54, 1.807) is 0 Å². The zero-order valence-corrected chi connectivity index (χ0v) is 12.5. The summed E-state index contributed by atoms with van der Waals surface area (Å²) in [5, 5.41) is 21.5. The first-order chi connectivity index (χ1) is 10.4. The number of nitriles is 1. The fourth-order valence-electron chi connectivity index (χ4n) is 2.13. The van der Waals surface area contributed by atoms with E-state index >= 15 is 0 Å². The van der Waals surface area contributed by atoms with Gasteiger partial charge in [-0.1, -0.05) is 0 Å². The fourth-order valence-corrected chi connectivity index (χ4v) is 3.10. The number of allylic oxidation sites excluding steroid dienone is 2. The molecule has 0 aliphatic carbocycles. The number of thiophene rings is 1. The van der Waals surface area contributed by atoms with Gasteiger partial charge in [0.25, 0.3) is 5.69 Å². The lowest BCUT2D eigenvalue weighted by atomic mass is 9.87. The van der Waals surface area contributed by atoms with E-state index in [-0.39, 0.29) is 28.5 Å². The van der Waals surface area contributed by atoms with Crippen molar-refractivity contribution in [2.75, 3.05) is 7.11 Å². The van der Waals surface area contributed by atoms with E-state index in [9.17, 15) is 20.2 Å². The quantitative estimate of drug-likeness (QED) is 0.511. The molecule has 0 spiro atoms. The summed E-state index contributed by atoms with van der Waals surface area (Å²) in [6.07, 6.45) is 0. The van der Waals surface area contributed by atoms with Gasteiger partial charge in [0.2, 0.25) is 5.88 Å². The third-order valence-corrected chi connectivity index (χ3v) is 4.10. The van der Waals surface area contributed by atoms with Crippen LogP contribution in [-0.4, -0.2) is 18.0 Å². The monoisotopic (exact) mass is 321 g/mol. The molecule has 8 nitrogen and oxygen atoms in total. The molecule has 0 bridgehead atoms. The maximum atomic E-state index is 12.0. The number of carbonyl (C=O) groups is 1. The molecule has 1 aromatic rings. The number of ether oxygens (including phenoxy) is 2. The van der Waals surface area contributed by atoms with Crippen LogP contribution in [0.1, 0.15) is 17.7 Å². The van der Waals surface area contributed by atoms with Crippen molar-refractivity contribution < 1.29 is 19.2 Å². The van der Waals surface area contributed by atoms with Crippen molar-refractivity contribution in [3.63, 3.8) is 0 Å². The lowest BCUT2D eigenvalue weighted by Crippen LogP contribution is -2.24. The highest BCUT2D eigenvalue weighted by molar-refractivity contribution is 7.10. The Hall–Kier alpha value is -2.86. The molecule has 0 amide bonds. The van der Waals surface area contributed by atoms with Crippen molar-refractivity contribution in [1.82, 2.24) is 0 Å². The van der Waals surface area contributed by atoms with Gasteiger partial charge in [-0.3, -0.25) is 10.1 Å². The first-order valence-corrected chi connectivity index (χ1v) is 6.88. The number of esters is 1. The Morgan fingerprint density at radius 2 is 2.32 bits per heavy atom. The van der Waals surface area contributed by atoms with E-state index in [2.05, 4.69) is 0 Å². The molecule has 0 aromatic carbocycles. The topological polar surface area (TPSA) is 128 Å². The Morgan fingerprint density at radius 3 is 2.82 bits per heavy atom. The summed E-state index contributed by atoms with van der Waals surface area (Å²) >= 11 is 1.06. The van der Waals surface area contributed by atoms with Gasteiger partial charge in [-0.05, 0) is 6.92 Å². The lowest BCUT2D eigenvalue weighted by molar-refractivity contribution is -0.384. The van der Waals surface area contributed by atoms with Crippen molar-refractivity contribution in [2.45, 2.75) is 12.8 Å². The van der Waals surface area contributed by atoms with Gasteiger partial charge in [-0.2, -0.15) is 5.26 Å². The van der Waals surface area contributed by atoms with Crippen LogP contribution < -0.4 is 5.73 Å². The van der Waals surface area contributed by atoms with Crippen LogP contribution in [0.25, 0.3) is 0 Å². The third-order valence-electron chi connectivity index (χ3n) is 3.11. The Balaban J connectivity index is 2.62. The molecule has 2 N–H and O–H groups in total. The Bertz CT molecular complexity index is 756. The number of nitrogens with two attached hydrogens (primary N) is 1. The minimum atomic E-state index is -0.843. The van der Waals surface area contributed by atoms with Gasteiger partial charge < -0.3 is 15.2 Å². The second kappa shape index (κ2) is 5.87. The normalized spacial score (nSPS) is 17.8. The Labute approximate surface area is 129 Å². The maximum absolute atomic E-state index is 12.0. The van der Waals surface area contributed by atoms with Crippen molar-refractivity contribution in [3.05, 3.63) is 49.2 Å². The summed E-state index contributed by atoms with van der Waals surface area (Å²) in [5.74, 6) is -1.46. The zero-order chi connectivity index (χ0) is 16.4. The molecule has 9 heteroatoms. The molecule has 0 unspecified atom stereocenters. The molecule has 0 radical (unpaired) electrons. The molecule has 1 aliphatic rings. The lowest BCUT2D eigenvalue weighted by Gasteiger charge is -2.25. The van der Waals surface area contributed by atoms with Crippen LogP contribution in [0.5, 0.6) is 0 Å². The molecule has 2 heterocycles. The third kappa shape index (κ3) is 2.51. The fraction of sp³-hybridized carbons (Fsp3) is 0.231. The highest BCUT2D eigenvalue weighted by Crippen LogP contribution is 2.42. The number of rotatable bonds is 3. The molecular formula is C13H11N3O5S. The summed E-state index contributed by atoms with van der Waals surface area (Å²) in [4.78, 5) is 22.7. The number of hydrogen-bond donors (Lipinski definition) is 1. The molecule has 22 heavy (non-hydrogen) atoms. The first-order valence-electron chi connectivity index (χ1n) is 6.00. The molecule has 0 fully saturated rings. The van der Waals surface area contributed by atoms with E-state index in [0.717, 1.165) is 11.3 Å². The van der Waals surface area contributed by atoms with Crippen LogP contribution in [0.15, 0.2) is 34.2 Å². The summed E-state index contributed by atoms with van der Waals surface area (Å²) in [5.41, 5.74) is 5.69. The number of hydrogen-bond acceptors (Lipinski definition) is 8. The molecule has 0 saturated carbocycles. The SMILES string of the molecule is COC(=O)C1=C(C)OC(N)=C(C#N)[C@@H]1c1cc([N+](=O)[O-])cs1. The van der Waals surface area contributed by atoms with Gasteiger partial charge in [-0.25, -0.2) is 4.79 Å². The van der Waals surface area contributed by atoms with E-state index in [1.165, 1.54) is 25.5 Å². The molecule has 1 aliphatic heterocycles. The number of carbonyl (C=O) groups excluding carboxylic acids is 1. The predicted octanol–water partition coefficient (Wildman–Crippen LogP) is 1.91. The summed E-state index contributed by atoms with van der Waals surface area (Å²) in [7, 11) is 1.20. The van der Waals surface area contributed by atoms with Crippen molar-refractivity contribution >= 4 is 23.0 Å². The van der Waals surface area contributed by atoms with Crippen LogP contribution in [0, 0.1) is 21.4 Å². The van der Waals surface area contributed by atoms with Crippen molar-refractivity contribution in [3.8, 4) is 6.07 Å². The van der Waals surface area contributed by atoms with Gasteiger partial charge in [-0.15, -0.1) is 11.3 Å². The van der Waals surface area contributed by atoms with Crippen LogP contribution in [0.2, 0.25) is 0 Å². The van der Waals surface area contributed by atoms with Gasteiger partial charge in [0.15, 0.2) is 0 Å². The van der Waals surface area contributed by atoms with E-state index in [4.69, 9.17) is 15.2 Å². The number of nitrogens with zero attached hydrogens (tertiary/aromatic N) is 2. The minimum absolute atomic E-state index is 0.0164. The highest BCUT2D eigenvalue weighted by Gasteiger charge is 2.37. The smallest absolute Gasteiger partial charge is 0.338 e. The molecule has 1 aromatic heterocycles. The summed E-state index contributed by atoms with van der Waals surface area (Å²) < 4.78 is 9.93. The Morgan fingerprint density at radius 1 is 1.64 bits per heavy atom. The maximum Gasteiger partial charge on any atom is 0.338 e. The van der Waals surface area contributed by atoms with Crippen LogP contribution in [0.3, 0.4) is 0 Å². The van der Waals surface area contributed by atoms with Crippen LogP contribution in [0.4, 0.5) is 5.69 Å². The van der Waals surface area contributed by atoms with Gasteiger partial charge in [0.1, 0.15) is 17.4 Å². The van der Waals surface area contributed by atoms with Gasteiger partial charge >= 0.3 is 5.97 Å². The average molecular weight is 321 g/mol. The largest absolute Gasteiger partial charge is 0.466 e. The molecular weight excluding hydrogens is 310 g/mol. The summed E-state index contributed by atoms with van der Waals surface area (Å²) in [6, 6.07) is 3.20. The van der Waals surface area contributed by atoms with Crippen molar-refractivity contribution in [1.29, 1.82) is 5.26 Å². The average Bonchev–Trinajstić information content (AvgIpc) is 2.95. The zero-order valence-electron chi connectivity index (χ0n) is 11.7. The van der Waals surface area contributed by atoms with Crippen LogP contribution in [-0.2, 0) is 14.3 Å².